The molecule has 0 amide bonds. The molecule has 0 bridgehead atoms. The van der Waals surface area contributed by atoms with Gasteiger partial charge in [0.05, 0.1) is 18.0 Å². The van der Waals surface area contributed by atoms with Crippen molar-refractivity contribution in [1.29, 1.82) is 0 Å². The molecule has 0 aliphatic rings. The predicted octanol–water partition coefficient (Wildman–Crippen LogP) is 9.01. The van der Waals surface area contributed by atoms with Crippen LogP contribution in [0.2, 0.25) is 0 Å². The summed E-state index contributed by atoms with van der Waals surface area (Å²) < 4.78 is 12.6. The van der Waals surface area contributed by atoms with Crippen molar-refractivity contribution >= 4 is 10.8 Å². The minimum Gasteiger partial charge on any atom is -0.493 e. The first-order valence-electron chi connectivity index (χ1n) is 15.6. The summed E-state index contributed by atoms with van der Waals surface area (Å²) in [5.41, 5.74) is 2.08. The average molecular weight is 554 g/mol. The topological polar surface area (TPSA) is 47.5 Å². The van der Waals surface area contributed by atoms with Gasteiger partial charge in [0.2, 0.25) is 0 Å². The van der Waals surface area contributed by atoms with Crippen LogP contribution in [0.5, 0.6) is 11.5 Å². The molecule has 4 rings (SSSR count). The van der Waals surface area contributed by atoms with Gasteiger partial charge in [-0.3, -0.25) is 14.9 Å². The Morgan fingerprint density at radius 2 is 1.05 bits per heavy atom. The van der Waals surface area contributed by atoms with Gasteiger partial charge in [0.25, 0.3) is 0 Å². The molecule has 0 aliphatic heterocycles. The van der Waals surface area contributed by atoms with Crippen LogP contribution in [0.15, 0.2) is 85.2 Å². The zero-order valence-electron chi connectivity index (χ0n) is 24.8. The van der Waals surface area contributed by atoms with Gasteiger partial charge in [-0.05, 0) is 42.8 Å². The van der Waals surface area contributed by atoms with Crippen LogP contribution in [0.4, 0.5) is 0 Å². The second kappa shape index (κ2) is 18.1. The first-order chi connectivity index (χ1) is 20.3. The van der Waals surface area contributed by atoms with E-state index >= 15 is 0 Å². The molecule has 0 atom stereocenters. The molecule has 0 radical (unpaired) electrons. The van der Waals surface area contributed by atoms with Crippen LogP contribution in [-0.4, -0.2) is 34.6 Å². The number of benzene rings is 2. The van der Waals surface area contributed by atoms with Crippen molar-refractivity contribution in [3.63, 3.8) is 0 Å². The van der Waals surface area contributed by atoms with Crippen molar-refractivity contribution in [2.45, 2.75) is 84.2 Å². The van der Waals surface area contributed by atoms with Gasteiger partial charge in [0.15, 0.2) is 0 Å². The maximum Gasteiger partial charge on any atom is 0.127 e. The van der Waals surface area contributed by atoms with Gasteiger partial charge in [0, 0.05) is 42.8 Å². The Labute approximate surface area is 246 Å². The molecule has 2 aromatic heterocycles. The quantitative estimate of drug-likeness (QED) is 0.102. The molecule has 0 unspecified atom stereocenters. The number of hydrogen-bond donors (Lipinski definition) is 0. The van der Waals surface area contributed by atoms with E-state index in [1.807, 2.05) is 36.7 Å². The van der Waals surface area contributed by atoms with Crippen LogP contribution in [0.25, 0.3) is 10.8 Å². The van der Waals surface area contributed by atoms with Gasteiger partial charge in [-0.2, -0.15) is 0 Å². The second-order valence-electron chi connectivity index (χ2n) is 10.8. The van der Waals surface area contributed by atoms with E-state index < -0.39 is 0 Å². The summed E-state index contributed by atoms with van der Waals surface area (Å²) in [4.78, 5) is 11.4. The van der Waals surface area contributed by atoms with E-state index in [0.717, 1.165) is 66.3 Å². The highest BCUT2D eigenvalue weighted by molar-refractivity contribution is 5.93. The molecular weight excluding hydrogens is 506 g/mol. The SMILES string of the molecule is CCCCCCCCCCCCOc1cccc2c(OCCN(Cc3ccccn3)Cc3ccccn3)cccc12. The van der Waals surface area contributed by atoms with E-state index in [0.29, 0.717) is 6.61 Å². The lowest BCUT2D eigenvalue weighted by Crippen LogP contribution is -2.28. The summed E-state index contributed by atoms with van der Waals surface area (Å²) in [5.74, 6) is 1.83. The summed E-state index contributed by atoms with van der Waals surface area (Å²) in [7, 11) is 0. The Morgan fingerprint density at radius 1 is 0.537 bits per heavy atom. The molecule has 0 spiro atoms. The average Bonchev–Trinajstić information content (AvgIpc) is 3.01. The number of aromatic nitrogens is 2. The molecule has 0 fully saturated rings. The Hall–Kier alpha value is -3.44. The third kappa shape index (κ3) is 10.8. The highest BCUT2D eigenvalue weighted by Crippen LogP contribution is 2.32. The van der Waals surface area contributed by atoms with E-state index in [4.69, 9.17) is 9.47 Å². The molecule has 0 N–H and O–H groups in total. The summed E-state index contributed by atoms with van der Waals surface area (Å²) in [6.45, 7) is 5.86. The highest BCUT2D eigenvalue weighted by atomic mass is 16.5. The number of unbranched alkanes of at least 4 members (excludes halogenated alkanes) is 9. The van der Waals surface area contributed by atoms with Crippen molar-refractivity contribution in [2.75, 3.05) is 19.8 Å². The summed E-state index contributed by atoms with van der Waals surface area (Å²) in [6.07, 6.45) is 17.0. The van der Waals surface area contributed by atoms with E-state index in [2.05, 4.69) is 70.3 Å². The molecule has 0 saturated carbocycles. The van der Waals surface area contributed by atoms with E-state index in [-0.39, 0.29) is 0 Å². The van der Waals surface area contributed by atoms with E-state index in [9.17, 15) is 0 Å². The smallest absolute Gasteiger partial charge is 0.127 e. The number of ether oxygens (including phenoxy) is 2. The van der Waals surface area contributed by atoms with Crippen LogP contribution in [0.1, 0.15) is 82.5 Å². The second-order valence-corrected chi connectivity index (χ2v) is 10.8. The first kappa shape index (κ1) is 30.5. The van der Waals surface area contributed by atoms with Crippen molar-refractivity contribution in [2.24, 2.45) is 0 Å². The van der Waals surface area contributed by atoms with Gasteiger partial charge in [-0.25, -0.2) is 0 Å². The van der Waals surface area contributed by atoms with Crippen LogP contribution in [-0.2, 0) is 13.1 Å². The Balaban J connectivity index is 1.26. The molecular formula is C36H47N3O2. The lowest BCUT2D eigenvalue weighted by molar-refractivity contribution is 0.194. The monoisotopic (exact) mass is 553 g/mol. The molecule has 41 heavy (non-hydrogen) atoms. The third-order valence-corrected chi connectivity index (χ3v) is 7.49. The summed E-state index contributed by atoms with van der Waals surface area (Å²) in [5, 5.41) is 2.20. The third-order valence-electron chi connectivity index (χ3n) is 7.49. The lowest BCUT2D eigenvalue weighted by atomic mass is 10.1. The number of pyridine rings is 2. The highest BCUT2D eigenvalue weighted by Gasteiger charge is 2.11. The minimum absolute atomic E-state index is 0.572. The zero-order valence-corrected chi connectivity index (χ0v) is 24.8. The van der Waals surface area contributed by atoms with Crippen molar-refractivity contribution < 1.29 is 9.47 Å². The fourth-order valence-corrected chi connectivity index (χ4v) is 5.22. The molecule has 5 heteroatoms. The first-order valence-corrected chi connectivity index (χ1v) is 15.6. The van der Waals surface area contributed by atoms with Gasteiger partial charge < -0.3 is 9.47 Å². The largest absolute Gasteiger partial charge is 0.493 e. The molecule has 4 aromatic rings. The number of nitrogens with zero attached hydrogens (tertiary/aromatic N) is 3. The minimum atomic E-state index is 0.572. The van der Waals surface area contributed by atoms with Gasteiger partial charge in [-0.1, -0.05) is 101 Å². The Morgan fingerprint density at radius 3 is 1.56 bits per heavy atom. The van der Waals surface area contributed by atoms with E-state index in [1.54, 1.807) is 0 Å². The lowest BCUT2D eigenvalue weighted by Gasteiger charge is -2.22. The molecule has 0 saturated heterocycles. The molecule has 2 heterocycles. The Bertz CT molecular complexity index is 1210. The maximum atomic E-state index is 6.35. The Kier molecular flexibility index (Phi) is 13.5. The van der Waals surface area contributed by atoms with Crippen LogP contribution in [0.3, 0.4) is 0 Å². The molecule has 0 aliphatic carbocycles. The van der Waals surface area contributed by atoms with Crippen molar-refractivity contribution in [1.82, 2.24) is 14.9 Å². The standard InChI is InChI=1S/C36H47N3O2/c1-2-3-4-5-6-7-8-9-10-15-27-40-35-22-16-21-34-33(35)20-17-23-36(34)41-28-26-39(29-31-18-11-13-24-37-31)30-32-19-12-14-25-38-32/h11-14,16-25H,2-10,15,26-30H2,1H3. The van der Waals surface area contributed by atoms with Crippen LogP contribution in [0, 0.1) is 0 Å². The number of rotatable bonds is 20. The molecule has 2 aromatic carbocycles. The number of fused-ring (bicyclic) bond motifs is 1. The van der Waals surface area contributed by atoms with Crippen LogP contribution < -0.4 is 9.47 Å². The fraction of sp³-hybridized carbons (Fsp3) is 0.444. The van der Waals surface area contributed by atoms with Gasteiger partial charge in [0.1, 0.15) is 18.1 Å². The van der Waals surface area contributed by atoms with E-state index in [1.165, 1.54) is 57.8 Å². The molecule has 5 nitrogen and oxygen atoms in total. The maximum absolute atomic E-state index is 6.35. The van der Waals surface area contributed by atoms with Crippen molar-refractivity contribution in [3.05, 3.63) is 96.6 Å². The van der Waals surface area contributed by atoms with Crippen molar-refractivity contribution in [3.8, 4) is 11.5 Å². The van der Waals surface area contributed by atoms with Gasteiger partial charge >= 0.3 is 0 Å². The van der Waals surface area contributed by atoms with Gasteiger partial charge in [-0.15, -0.1) is 0 Å². The zero-order chi connectivity index (χ0) is 28.4. The normalized spacial score (nSPS) is 11.3. The van der Waals surface area contributed by atoms with Crippen LogP contribution >= 0.6 is 0 Å². The summed E-state index contributed by atoms with van der Waals surface area (Å²) >= 11 is 0. The predicted molar refractivity (Wildman–Crippen MR) is 169 cm³/mol. The molecule has 218 valence electrons. The summed E-state index contributed by atoms with van der Waals surface area (Å²) in [6, 6.07) is 24.6. The number of hydrogen-bond acceptors (Lipinski definition) is 5. The fourth-order valence-electron chi connectivity index (χ4n) is 5.22.